The molecule has 0 atom stereocenters. The van der Waals surface area contributed by atoms with Gasteiger partial charge < -0.3 is 10.1 Å². The van der Waals surface area contributed by atoms with Gasteiger partial charge in [0.2, 0.25) is 0 Å². The molecule has 1 heterocycles. The Hall–Kier alpha value is -3.03. The molecule has 0 spiro atoms. The topological polar surface area (TPSA) is 75.7 Å². The number of ether oxygens (including phenoxy) is 1. The number of rotatable bonds is 5. The van der Waals surface area contributed by atoms with E-state index in [1.54, 1.807) is 24.3 Å². The Balaban J connectivity index is 1.68. The summed E-state index contributed by atoms with van der Waals surface area (Å²) in [5.41, 5.74) is 2.28. The second kappa shape index (κ2) is 8.01. The number of halogens is 1. The van der Waals surface area contributed by atoms with Crippen molar-refractivity contribution in [3.8, 4) is 5.75 Å². The molecule has 1 aliphatic rings. The summed E-state index contributed by atoms with van der Waals surface area (Å²) in [6.07, 6.45) is 0.657. The second-order valence-corrected chi connectivity index (χ2v) is 9.08. The van der Waals surface area contributed by atoms with Crippen LogP contribution in [-0.2, 0) is 16.4 Å². The first kappa shape index (κ1) is 20.3. The van der Waals surface area contributed by atoms with E-state index in [9.17, 15) is 13.2 Å². The van der Waals surface area contributed by atoms with Crippen molar-refractivity contribution in [1.29, 1.82) is 0 Å². The number of hydrogen-bond acceptors (Lipinski definition) is 4. The van der Waals surface area contributed by atoms with Crippen LogP contribution in [0.3, 0.4) is 0 Å². The number of carbonyl (C=O) groups excluding carboxylic acids is 1. The molecule has 0 radical (unpaired) electrons. The minimum absolute atomic E-state index is 0.0707. The molecule has 0 aliphatic carbocycles. The molecule has 0 saturated carbocycles. The molecule has 0 saturated heterocycles. The van der Waals surface area contributed by atoms with Gasteiger partial charge in [-0.05, 0) is 54.4 Å². The SMILES string of the molecule is COc1ccc(S(=O)(=O)N2CCc3ccccc32)cc1NC(=O)c1cccc(Cl)c1. The normalized spacial score (nSPS) is 13.1. The monoisotopic (exact) mass is 442 g/mol. The van der Waals surface area contributed by atoms with Crippen molar-refractivity contribution in [2.45, 2.75) is 11.3 Å². The lowest BCUT2D eigenvalue weighted by atomic mass is 10.2. The molecule has 4 rings (SSSR count). The van der Waals surface area contributed by atoms with E-state index >= 15 is 0 Å². The van der Waals surface area contributed by atoms with Crippen molar-refractivity contribution in [2.24, 2.45) is 0 Å². The maximum absolute atomic E-state index is 13.3. The molecule has 3 aromatic rings. The molecule has 1 N–H and O–H groups in total. The average molecular weight is 443 g/mol. The van der Waals surface area contributed by atoms with Gasteiger partial charge in [0.05, 0.1) is 23.4 Å². The molecule has 3 aromatic carbocycles. The molecular weight excluding hydrogens is 424 g/mol. The maximum atomic E-state index is 13.3. The predicted molar refractivity (Wildman–Crippen MR) is 117 cm³/mol. The van der Waals surface area contributed by atoms with Crippen LogP contribution in [0.2, 0.25) is 5.02 Å². The summed E-state index contributed by atoms with van der Waals surface area (Å²) in [6, 6.07) is 18.3. The van der Waals surface area contributed by atoms with E-state index in [1.165, 1.54) is 35.7 Å². The van der Waals surface area contributed by atoms with Crippen LogP contribution in [0, 0.1) is 0 Å². The first-order valence-electron chi connectivity index (χ1n) is 9.26. The van der Waals surface area contributed by atoms with Crippen LogP contribution in [0.5, 0.6) is 5.75 Å². The van der Waals surface area contributed by atoms with Gasteiger partial charge in [-0.15, -0.1) is 0 Å². The third-order valence-electron chi connectivity index (χ3n) is 4.94. The average Bonchev–Trinajstić information content (AvgIpc) is 3.18. The van der Waals surface area contributed by atoms with Gasteiger partial charge in [0.25, 0.3) is 15.9 Å². The van der Waals surface area contributed by atoms with E-state index in [-0.39, 0.29) is 10.6 Å². The number of methoxy groups -OCH3 is 1. The highest BCUT2D eigenvalue weighted by atomic mass is 35.5. The summed E-state index contributed by atoms with van der Waals surface area (Å²) in [5, 5.41) is 3.15. The molecule has 0 aromatic heterocycles. The standard InChI is InChI=1S/C22H19ClN2O4S/c1-29-21-10-9-18(14-19(21)24-22(26)16-6-4-7-17(23)13-16)30(27,28)25-12-11-15-5-2-3-8-20(15)25/h2-10,13-14H,11-12H2,1H3,(H,24,26). The highest BCUT2D eigenvalue weighted by Gasteiger charge is 2.31. The van der Waals surface area contributed by atoms with Gasteiger partial charge in [-0.25, -0.2) is 8.42 Å². The summed E-state index contributed by atoms with van der Waals surface area (Å²) in [7, 11) is -2.35. The zero-order chi connectivity index (χ0) is 21.3. The Morgan fingerprint density at radius 3 is 2.63 bits per heavy atom. The molecular formula is C22H19ClN2O4S. The summed E-state index contributed by atoms with van der Waals surface area (Å²) in [6.45, 7) is 0.373. The highest BCUT2D eigenvalue weighted by molar-refractivity contribution is 7.92. The fourth-order valence-corrected chi connectivity index (χ4v) is 5.17. The number of nitrogens with one attached hydrogen (secondary N) is 1. The van der Waals surface area contributed by atoms with Gasteiger partial charge in [0, 0.05) is 17.1 Å². The zero-order valence-electron chi connectivity index (χ0n) is 16.1. The van der Waals surface area contributed by atoms with Gasteiger partial charge in [-0.3, -0.25) is 9.10 Å². The molecule has 1 aliphatic heterocycles. The number of para-hydroxylation sites is 1. The van der Waals surface area contributed by atoms with Crippen LogP contribution in [0.4, 0.5) is 11.4 Å². The number of fused-ring (bicyclic) bond motifs is 1. The molecule has 0 bridgehead atoms. The molecule has 30 heavy (non-hydrogen) atoms. The molecule has 0 fully saturated rings. The van der Waals surface area contributed by atoms with Gasteiger partial charge in [0.1, 0.15) is 5.75 Å². The van der Waals surface area contributed by atoms with Gasteiger partial charge in [-0.1, -0.05) is 35.9 Å². The van der Waals surface area contributed by atoms with Crippen LogP contribution >= 0.6 is 11.6 Å². The zero-order valence-corrected chi connectivity index (χ0v) is 17.7. The lowest BCUT2D eigenvalue weighted by Gasteiger charge is -2.20. The molecule has 154 valence electrons. The largest absolute Gasteiger partial charge is 0.495 e. The summed E-state index contributed by atoms with van der Waals surface area (Å²) in [4.78, 5) is 12.7. The molecule has 6 nitrogen and oxygen atoms in total. The smallest absolute Gasteiger partial charge is 0.264 e. The van der Waals surface area contributed by atoms with Crippen molar-refractivity contribution in [3.63, 3.8) is 0 Å². The first-order chi connectivity index (χ1) is 14.4. The fraction of sp³-hybridized carbons (Fsp3) is 0.136. The Morgan fingerprint density at radius 2 is 1.87 bits per heavy atom. The minimum Gasteiger partial charge on any atom is -0.495 e. The van der Waals surface area contributed by atoms with E-state index < -0.39 is 15.9 Å². The first-order valence-corrected chi connectivity index (χ1v) is 11.1. The third kappa shape index (κ3) is 3.74. The lowest BCUT2D eigenvalue weighted by molar-refractivity contribution is 0.102. The Morgan fingerprint density at radius 1 is 1.07 bits per heavy atom. The number of amides is 1. The molecule has 8 heteroatoms. The van der Waals surface area contributed by atoms with E-state index in [0.717, 1.165) is 5.56 Å². The van der Waals surface area contributed by atoms with Crippen LogP contribution in [0.25, 0.3) is 0 Å². The van der Waals surface area contributed by atoms with E-state index in [4.69, 9.17) is 16.3 Å². The van der Waals surface area contributed by atoms with Crippen molar-refractivity contribution in [1.82, 2.24) is 0 Å². The highest BCUT2D eigenvalue weighted by Crippen LogP contribution is 2.35. The number of anilines is 2. The summed E-state index contributed by atoms with van der Waals surface area (Å²) < 4.78 is 33.3. The van der Waals surface area contributed by atoms with Crippen LogP contribution in [-0.4, -0.2) is 28.0 Å². The summed E-state index contributed by atoms with van der Waals surface area (Å²) in [5.74, 6) is -0.0667. The van der Waals surface area contributed by atoms with Crippen molar-refractivity contribution in [2.75, 3.05) is 23.3 Å². The quantitative estimate of drug-likeness (QED) is 0.637. The van der Waals surface area contributed by atoms with Crippen LogP contribution in [0.1, 0.15) is 15.9 Å². The number of carbonyl (C=O) groups is 1. The van der Waals surface area contributed by atoms with Crippen LogP contribution < -0.4 is 14.4 Å². The number of benzene rings is 3. The summed E-state index contributed by atoms with van der Waals surface area (Å²) >= 11 is 5.96. The number of nitrogens with zero attached hydrogens (tertiary/aromatic N) is 1. The number of sulfonamides is 1. The Bertz CT molecular complexity index is 1230. The van der Waals surface area contributed by atoms with Crippen molar-refractivity contribution < 1.29 is 17.9 Å². The van der Waals surface area contributed by atoms with Crippen LogP contribution in [0.15, 0.2) is 71.6 Å². The van der Waals surface area contributed by atoms with E-state index in [2.05, 4.69) is 5.32 Å². The predicted octanol–water partition coefficient (Wildman–Crippen LogP) is 4.35. The van der Waals surface area contributed by atoms with Gasteiger partial charge in [-0.2, -0.15) is 0 Å². The lowest BCUT2D eigenvalue weighted by Crippen LogP contribution is -2.29. The third-order valence-corrected chi connectivity index (χ3v) is 6.98. The van der Waals surface area contributed by atoms with E-state index in [1.807, 2.05) is 18.2 Å². The van der Waals surface area contributed by atoms with Gasteiger partial charge in [0.15, 0.2) is 0 Å². The minimum atomic E-state index is -3.80. The van der Waals surface area contributed by atoms with Crippen molar-refractivity contribution in [3.05, 3.63) is 82.9 Å². The maximum Gasteiger partial charge on any atom is 0.264 e. The van der Waals surface area contributed by atoms with Gasteiger partial charge >= 0.3 is 0 Å². The number of hydrogen-bond donors (Lipinski definition) is 1. The van der Waals surface area contributed by atoms with Crippen molar-refractivity contribution >= 4 is 38.9 Å². The Kier molecular flexibility index (Phi) is 5.40. The second-order valence-electron chi connectivity index (χ2n) is 6.78. The van der Waals surface area contributed by atoms with E-state index in [0.29, 0.717) is 35.0 Å². The molecule has 0 unspecified atom stereocenters. The molecule has 1 amide bonds. The fourth-order valence-electron chi connectivity index (χ4n) is 3.45. The Labute approximate surface area is 180 Å².